The van der Waals surface area contributed by atoms with E-state index in [4.69, 9.17) is 0 Å². The van der Waals surface area contributed by atoms with Crippen molar-refractivity contribution in [3.8, 4) is 0 Å². The van der Waals surface area contributed by atoms with Crippen molar-refractivity contribution in [3.63, 3.8) is 0 Å². The van der Waals surface area contributed by atoms with Crippen LogP contribution >= 0.6 is 15.9 Å². The number of aromatic nitrogens is 1. The van der Waals surface area contributed by atoms with Gasteiger partial charge in [0.25, 0.3) is 5.56 Å². The molecule has 0 spiro atoms. The van der Waals surface area contributed by atoms with E-state index in [0.717, 1.165) is 13.0 Å². The maximum Gasteiger partial charge on any atom is 0.264 e. The van der Waals surface area contributed by atoms with Crippen molar-refractivity contribution in [2.24, 2.45) is 7.05 Å². The molecule has 0 atom stereocenters. The molecule has 0 aliphatic carbocycles. The molecule has 17 heavy (non-hydrogen) atoms. The SMILES string of the molecule is CNCCCC(=O)Nc1cc(Br)c(=O)n(C)c1. The monoisotopic (exact) mass is 301 g/mol. The zero-order chi connectivity index (χ0) is 12.8. The van der Waals surface area contributed by atoms with Crippen molar-refractivity contribution >= 4 is 27.5 Å². The number of anilines is 1. The van der Waals surface area contributed by atoms with Gasteiger partial charge >= 0.3 is 0 Å². The summed E-state index contributed by atoms with van der Waals surface area (Å²) in [4.78, 5) is 23.0. The number of hydrogen-bond acceptors (Lipinski definition) is 3. The van der Waals surface area contributed by atoms with Crippen LogP contribution in [0.3, 0.4) is 0 Å². The number of hydrogen-bond donors (Lipinski definition) is 2. The van der Waals surface area contributed by atoms with Gasteiger partial charge in [0.1, 0.15) is 0 Å². The molecular formula is C11H16BrN3O2. The largest absolute Gasteiger partial charge is 0.325 e. The zero-order valence-corrected chi connectivity index (χ0v) is 11.5. The molecule has 1 rings (SSSR count). The normalized spacial score (nSPS) is 10.3. The lowest BCUT2D eigenvalue weighted by Crippen LogP contribution is -2.20. The summed E-state index contributed by atoms with van der Waals surface area (Å²) in [6.45, 7) is 0.810. The first-order valence-electron chi connectivity index (χ1n) is 5.35. The smallest absolute Gasteiger partial charge is 0.264 e. The number of carbonyl (C=O) groups excluding carboxylic acids is 1. The maximum absolute atomic E-state index is 11.6. The Morgan fingerprint density at radius 1 is 1.53 bits per heavy atom. The van der Waals surface area contributed by atoms with Crippen LogP contribution in [0, 0.1) is 0 Å². The molecule has 2 N–H and O–H groups in total. The summed E-state index contributed by atoms with van der Waals surface area (Å²) >= 11 is 3.16. The van der Waals surface area contributed by atoms with Crippen LogP contribution in [0.1, 0.15) is 12.8 Å². The Balaban J connectivity index is 2.63. The lowest BCUT2D eigenvalue weighted by molar-refractivity contribution is -0.116. The van der Waals surface area contributed by atoms with Gasteiger partial charge in [-0.1, -0.05) is 0 Å². The third kappa shape index (κ3) is 4.32. The number of halogens is 1. The highest BCUT2D eigenvalue weighted by molar-refractivity contribution is 9.10. The molecule has 0 aromatic carbocycles. The van der Waals surface area contributed by atoms with Gasteiger partial charge in [-0.25, -0.2) is 0 Å². The van der Waals surface area contributed by atoms with Crippen LogP contribution in [-0.4, -0.2) is 24.1 Å². The molecule has 1 amide bonds. The third-order valence-electron chi connectivity index (χ3n) is 2.25. The standard InChI is InChI=1S/C11H16BrN3O2/c1-13-5-3-4-10(16)14-8-6-9(12)11(17)15(2)7-8/h6-7,13H,3-5H2,1-2H3,(H,14,16). The van der Waals surface area contributed by atoms with Crippen LogP contribution in [0.25, 0.3) is 0 Å². The molecule has 0 fully saturated rings. The molecule has 1 aromatic heterocycles. The number of rotatable bonds is 5. The number of nitrogens with zero attached hydrogens (tertiary/aromatic N) is 1. The first kappa shape index (κ1) is 13.9. The summed E-state index contributed by atoms with van der Waals surface area (Å²) in [6.07, 6.45) is 2.85. The van der Waals surface area contributed by atoms with E-state index in [9.17, 15) is 9.59 Å². The van der Waals surface area contributed by atoms with E-state index in [0.29, 0.717) is 16.6 Å². The van der Waals surface area contributed by atoms with E-state index in [1.807, 2.05) is 7.05 Å². The van der Waals surface area contributed by atoms with Gasteiger partial charge in [-0.3, -0.25) is 9.59 Å². The number of pyridine rings is 1. The first-order chi connectivity index (χ1) is 8.04. The summed E-state index contributed by atoms with van der Waals surface area (Å²) in [7, 11) is 3.49. The van der Waals surface area contributed by atoms with E-state index in [1.165, 1.54) is 4.57 Å². The van der Waals surface area contributed by atoms with Gasteiger partial charge in [-0.05, 0) is 42.0 Å². The average molecular weight is 302 g/mol. The zero-order valence-electron chi connectivity index (χ0n) is 9.92. The van der Waals surface area contributed by atoms with Crippen molar-refractivity contribution in [2.45, 2.75) is 12.8 Å². The highest BCUT2D eigenvalue weighted by atomic mass is 79.9. The quantitative estimate of drug-likeness (QED) is 0.800. The Kier molecular flexibility index (Phi) is 5.37. The van der Waals surface area contributed by atoms with Crippen molar-refractivity contribution in [1.82, 2.24) is 9.88 Å². The van der Waals surface area contributed by atoms with Crippen LogP contribution in [0.15, 0.2) is 21.5 Å². The molecule has 6 heteroatoms. The molecule has 0 aliphatic heterocycles. The van der Waals surface area contributed by atoms with Gasteiger partial charge in [0, 0.05) is 19.7 Å². The predicted molar refractivity (Wildman–Crippen MR) is 71.2 cm³/mol. The maximum atomic E-state index is 11.6. The van der Waals surface area contributed by atoms with Gasteiger partial charge in [-0.2, -0.15) is 0 Å². The lowest BCUT2D eigenvalue weighted by atomic mass is 10.3. The van der Waals surface area contributed by atoms with Crippen molar-refractivity contribution < 1.29 is 4.79 Å². The average Bonchev–Trinajstić information content (AvgIpc) is 2.26. The third-order valence-corrected chi connectivity index (χ3v) is 2.82. The second-order valence-electron chi connectivity index (χ2n) is 3.75. The van der Waals surface area contributed by atoms with Gasteiger partial charge in [-0.15, -0.1) is 0 Å². The van der Waals surface area contributed by atoms with E-state index in [2.05, 4.69) is 26.6 Å². The lowest BCUT2D eigenvalue weighted by Gasteiger charge is -2.07. The van der Waals surface area contributed by atoms with Crippen molar-refractivity contribution in [3.05, 3.63) is 27.1 Å². The van der Waals surface area contributed by atoms with Crippen LogP contribution in [0.5, 0.6) is 0 Å². The molecule has 0 aliphatic rings. The second kappa shape index (κ2) is 6.56. The second-order valence-corrected chi connectivity index (χ2v) is 4.60. The molecule has 0 radical (unpaired) electrons. The molecule has 0 unspecified atom stereocenters. The molecular weight excluding hydrogens is 286 g/mol. The summed E-state index contributed by atoms with van der Waals surface area (Å²) in [5.74, 6) is -0.0502. The van der Waals surface area contributed by atoms with E-state index >= 15 is 0 Å². The molecule has 94 valence electrons. The van der Waals surface area contributed by atoms with Crippen LogP contribution < -0.4 is 16.2 Å². The Hall–Kier alpha value is -1.14. The highest BCUT2D eigenvalue weighted by Crippen LogP contribution is 2.11. The highest BCUT2D eigenvalue weighted by Gasteiger charge is 2.05. The van der Waals surface area contributed by atoms with E-state index in [1.54, 1.807) is 19.3 Å². The molecule has 1 heterocycles. The topological polar surface area (TPSA) is 63.1 Å². The Labute approximate surface area is 108 Å². The number of carbonyl (C=O) groups is 1. The Bertz CT molecular complexity index is 430. The molecule has 0 bridgehead atoms. The molecule has 1 aromatic rings. The van der Waals surface area contributed by atoms with E-state index in [-0.39, 0.29) is 11.5 Å². The summed E-state index contributed by atoms with van der Waals surface area (Å²) in [6, 6.07) is 1.61. The summed E-state index contributed by atoms with van der Waals surface area (Å²) in [5, 5.41) is 5.73. The fourth-order valence-electron chi connectivity index (χ4n) is 1.39. The van der Waals surface area contributed by atoms with Gasteiger partial charge in [0.15, 0.2) is 0 Å². The molecule has 5 nitrogen and oxygen atoms in total. The van der Waals surface area contributed by atoms with Crippen LogP contribution in [0.4, 0.5) is 5.69 Å². The summed E-state index contributed by atoms with van der Waals surface area (Å²) < 4.78 is 1.86. The minimum absolute atomic E-state index is 0.0502. The van der Waals surface area contributed by atoms with E-state index < -0.39 is 0 Å². The van der Waals surface area contributed by atoms with Crippen LogP contribution in [0.2, 0.25) is 0 Å². The van der Waals surface area contributed by atoms with Gasteiger partial charge in [0.2, 0.25) is 5.91 Å². The molecule has 0 saturated heterocycles. The number of nitrogens with one attached hydrogen (secondary N) is 2. The number of amides is 1. The predicted octanol–water partition coefficient (Wildman–Crippen LogP) is 1.09. The minimum atomic E-state index is -0.127. The number of aryl methyl sites for hydroxylation is 1. The first-order valence-corrected chi connectivity index (χ1v) is 6.14. The van der Waals surface area contributed by atoms with Crippen molar-refractivity contribution in [1.29, 1.82) is 0 Å². The Morgan fingerprint density at radius 2 is 2.24 bits per heavy atom. The van der Waals surface area contributed by atoms with Gasteiger partial charge < -0.3 is 15.2 Å². The van der Waals surface area contributed by atoms with Gasteiger partial charge in [0.05, 0.1) is 10.2 Å². The summed E-state index contributed by atoms with van der Waals surface area (Å²) in [5.41, 5.74) is 0.492. The van der Waals surface area contributed by atoms with Crippen molar-refractivity contribution in [2.75, 3.05) is 18.9 Å². The minimum Gasteiger partial charge on any atom is -0.325 e. The fraction of sp³-hybridized carbons (Fsp3) is 0.455. The molecule has 0 saturated carbocycles. The van der Waals surface area contributed by atoms with Crippen LogP contribution in [-0.2, 0) is 11.8 Å². The Morgan fingerprint density at radius 3 is 2.82 bits per heavy atom. The fourth-order valence-corrected chi connectivity index (χ4v) is 1.92.